The molecular weight excluding hydrogens is 866 g/mol. The van der Waals surface area contributed by atoms with Gasteiger partial charge in [0.1, 0.15) is 40.9 Å². The van der Waals surface area contributed by atoms with Crippen LogP contribution in [0.15, 0.2) is 42.5 Å². The average molecular weight is 903 g/mol. The van der Waals surface area contributed by atoms with E-state index in [1.54, 1.807) is 30.0 Å². The number of carbonyl (C=O) groups is 2. The van der Waals surface area contributed by atoms with Crippen molar-refractivity contribution in [3.63, 3.8) is 0 Å². The second-order valence-electron chi connectivity index (χ2n) is 15.8. The molecule has 4 atom stereocenters. The van der Waals surface area contributed by atoms with Crippen molar-refractivity contribution in [1.82, 2.24) is 34.8 Å². The molecule has 13 nitrogen and oxygen atoms in total. The summed E-state index contributed by atoms with van der Waals surface area (Å²) in [4.78, 5) is 32.7. The molecule has 62 heavy (non-hydrogen) atoms. The van der Waals surface area contributed by atoms with E-state index in [4.69, 9.17) is 21.3 Å². The standard InChI is InChI=1S/C41H37ClF6N8O5S/c1-20(57)55-11-12-61-40(2,19-55)10-9-24-5-6-25(26-7-8-29(42)33-36(26)54(3)52-39(33)53-62(4,59)60)34(49-24)30(15-21-13-22(43)16-23(44)14-21)50-31(58)18-56-37-32(35(51-56)38(45)46)27-17-28(27)41(37,47)48/h5-8,13-14,16,27-28,30,38H,11-12,15,17-19H2,1-4H3,(H,50,58)(H,52,53)/t27-,28?,30-,40+/m0/s1. The van der Waals surface area contributed by atoms with E-state index in [0.29, 0.717) is 28.4 Å². The number of alkyl halides is 4. The molecule has 0 bridgehead atoms. The molecule has 2 aliphatic carbocycles. The van der Waals surface area contributed by atoms with E-state index in [0.717, 1.165) is 18.4 Å². The zero-order chi connectivity index (χ0) is 44.6. The van der Waals surface area contributed by atoms with Crippen molar-refractivity contribution < 1.29 is 49.1 Å². The van der Waals surface area contributed by atoms with Crippen LogP contribution < -0.4 is 10.0 Å². The predicted molar refractivity (Wildman–Crippen MR) is 214 cm³/mol. The number of nitrogens with zero attached hydrogens (tertiary/aromatic N) is 6. The van der Waals surface area contributed by atoms with Gasteiger partial charge in [-0.05, 0) is 67.5 Å². The fourth-order valence-corrected chi connectivity index (χ4v) is 9.16. The van der Waals surface area contributed by atoms with Crippen LogP contribution in [-0.4, -0.2) is 81.2 Å². The van der Waals surface area contributed by atoms with Gasteiger partial charge in [0.2, 0.25) is 21.8 Å². The number of carbonyl (C=O) groups excluding carboxylic acids is 2. The van der Waals surface area contributed by atoms with E-state index in [-0.39, 0.29) is 76.2 Å². The Morgan fingerprint density at radius 2 is 1.77 bits per heavy atom. The number of aromatic nitrogens is 5. The molecule has 1 saturated carbocycles. The highest BCUT2D eigenvalue weighted by Gasteiger charge is 2.67. The van der Waals surface area contributed by atoms with Gasteiger partial charge in [-0.3, -0.25) is 23.7 Å². The number of morpholine rings is 1. The lowest BCUT2D eigenvalue weighted by atomic mass is 9.93. The minimum atomic E-state index is -3.85. The number of hydrogen-bond donors (Lipinski definition) is 2. The number of sulfonamides is 1. The molecule has 2 amide bonds. The maximum Gasteiger partial charge on any atom is 0.293 e. The summed E-state index contributed by atoms with van der Waals surface area (Å²) in [6, 6.07) is 7.56. The number of pyridine rings is 1. The lowest BCUT2D eigenvalue weighted by molar-refractivity contribution is -0.139. The maximum absolute atomic E-state index is 15.5. The van der Waals surface area contributed by atoms with Crippen LogP contribution in [-0.2, 0) is 50.3 Å². The molecule has 1 unspecified atom stereocenters. The van der Waals surface area contributed by atoms with E-state index in [9.17, 15) is 35.6 Å². The van der Waals surface area contributed by atoms with Crippen LogP contribution in [0.3, 0.4) is 0 Å². The van der Waals surface area contributed by atoms with Gasteiger partial charge in [0.25, 0.3) is 12.3 Å². The van der Waals surface area contributed by atoms with Crippen LogP contribution in [0.1, 0.15) is 72.6 Å². The van der Waals surface area contributed by atoms with Crippen LogP contribution in [0.25, 0.3) is 22.0 Å². The van der Waals surface area contributed by atoms with Gasteiger partial charge < -0.3 is 15.0 Å². The minimum absolute atomic E-state index is 0.0122. The summed E-state index contributed by atoms with van der Waals surface area (Å²) < 4.78 is 124. The van der Waals surface area contributed by atoms with E-state index < -0.39 is 81.3 Å². The quantitative estimate of drug-likeness (QED) is 0.121. The van der Waals surface area contributed by atoms with Gasteiger partial charge in [-0.2, -0.15) is 19.0 Å². The lowest BCUT2D eigenvalue weighted by Crippen LogP contribution is -2.50. The van der Waals surface area contributed by atoms with Gasteiger partial charge in [0.15, 0.2) is 5.82 Å². The Bertz CT molecular complexity index is 2840. The predicted octanol–water partition coefficient (Wildman–Crippen LogP) is 6.37. The summed E-state index contributed by atoms with van der Waals surface area (Å²) >= 11 is 6.63. The molecule has 3 aliphatic rings. The third kappa shape index (κ3) is 8.20. The van der Waals surface area contributed by atoms with E-state index in [1.165, 1.54) is 24.7 Å². The molecule has 1 aliphatic heterocycles. The van der Waals surface area contributed by atoms with Crippen molar-refractivity contribution in [1.29, 1.82) is 0 Å². The third-order valence-corrected chi connectivity index (χ3v) is 12.0. The van der Waals surface area contributed by atoms with Gasteiger partial charge >= 0.3 is 0 Å². The second kappa shape index (κ2) is 15.6. The third-order valence-electron chi connectivity index (χ3n) is 11.1. The maximum atomic E-state index is 15.5. The molecule has 21 heteroatoms. The summed E-state index contributed by atoms with van der Waals surface area (Å²) in [5.41, 5.74) is -1.88. The largest absolute Gasteiger partial charge is 0.359 e. The van der Waals surface area contributed by atoms with Crippen LogP contribution in [0.5, 0.6) is 0 Å². The number of halogens is 7. The van der Waals surface area contributed by atoms with Crippen molar-refractivity contribution in [2.24, 2.45) is 13.0 Å². The number of benzene rings is 2. The first-order valence-electron chi connectivity index (χ1n) is 19.2. The Labute approximate surface area is 355 Å². The minimum Gasteiger partial charge on any atom is -0.359 e. The number of hydrogen-bond acceptors (Lipinski definition) is 8. The van der Waals surface area contributed by atoms with Gasteiger partial charge in [-0.25, -0.2) is 31.0 Å². The normalized spacial score (nSPS) is 20.7. The SMILES string of the molecule is CC(=O)N1CCO[C@](C)(C#Cc2ccc(-c3ccc(Cl)c4c(NS(C)(=O)=O)nn(C)c34)c([C@H](Cc3cc(F)cc(F)c3)NC(=O)Cn3nc(C(F)F)c4c3C(F)(F)C3C[C@H]43)n2)C1. The molecular formula is C41H37ClF6N8O5S. The number of ether oxygens (including phenoxy) is 1. The zero-order valence-corrected chi connectivity index (χ0v) is 34.9. The number of fused-ring (bicyclic) bond motifs is 4. The first-order valence-corrected chi connectivity index (χ1v) is 21.5. The van der Waals surface area contributed by atoms with E-state index >= 15 is 8.78 Å². The van der Waals surface area contributed by atoms with Crippen molar-refractivity contribution in [2.75, 3.05) is 30.7 Å². The fourth-order valence-electron chi connectivity index (χ4n) is 8.42. The van der Waals surface area contributed by atoms with Crippen LogP contribution in [0.2, 0.25) is 5.02 Å². The molecule has 3 aromatic heterocycles. The molecule has 4 heterocycles. The topological polar surface area (TPSA) is 153 Å². The summed E-state index contributed by atoms with van der Waals surface area (Å²) in [7, 11) is -2.32. The number of rotatable bonds is 10. The van der Waals surface area contributed by atoms with Crippen LogP contribution in [0, 0.1) is 29.4 Å². The van der Waals surface area contributed by atoms with Crippen LogP contribution >= 0.6 is 11.6 Å². The smallest absolute Gasteiger partial charge is 0.293 e. The number of aryl methyl sites for hydroxylation is 1. The fraction of sp³-hybridized carbons (Fsp3) is 0.390. The van der Waals surface area contributed by atoms with E-state index in [1.807, 2.05) is 0 Å². The van der Waals surface area contributed by atoms with Gasteiger partial charge in [-0.1, -0.05) is 23.6 Å². The van der Waals surface area contributed by atoms with Crippen molar-refractivity contribution in [2.45, 2.75) is 63.1 Å². The van der Waals surface area contributed by atoms with Gasteiger partial charge in [0, 0.05) is 49.2 Å². The highest BCUT2D eigenvalue weighted by atomic mass is 35.5. The monoisotopic (exact) mass is 902 g/mol. The summed E-state index contributed by atoms with van der Waals surface area (Å²) in [5, 5.41) is 11.2. The Hall–Kier alpha value is -5.65. The molecule has 5 aromatic rings. The number of anilines is 1. The van der Waals surface area contributed by atoms with Gasteiger partial charge in [0.05, 0.1) is 47.1 Å². The first kappa shape index (κ1) is 43.0. The first-order chi connectivity index (χ1) is 29.1. The zero-order valence-electron chi connectivity index (χ0n) is 33.4. The molecule has 2 fully saturated rings. The Morgan fingerprint density at radius 3 is 2.45 bits per heavy atom. The highest BCUT2D eigenvalue weighted by molar-refractivity contribution is 7.92. The molecule has 0 radical (unpaired) electrons. The van der Waals surface area contributed by atoms with Crippen LogP contribution in [0.4, 0.5) is 32.2 Å². The van der Waals surface area contributed by atoms with Crippen molar-refractivity contribution in [3.05, 3.63) is 93.0 Å². The second-order valence-corrected chi connectivity index (χ2v) is 18.0. The van der Waals surface area contributed by atoms with Crippen molar-refractivity contribution in [3.8, 4) is 23.0 Å². The molecule has 1 saturated heterocycles. The summed E-state index contributed by atoms with van der Waals surface area (Å²) in [5.74, 6) is -2.65. The molecule has 2 aromatic carbocycles. The van der Waals surface area contributed by atoms with E-state index in [2.05, 4.69) is 32.1 Å². The number of amides is 2. The van der Waals surface area contributed by atoms with Gasteiger partial charge in [-0.15, -0.1) is 0 Å². The molecule has 326 valence electrons. The molecule has 0 spiro atoms. The molecule has 8 rings (SSSR count). The average Bonchev–Trinajstić information content (AvgIpc) is 3.72. The molecule has 2 N–H and O–H groups in total. The van der Waals surface area contributed by atoms with Crippen molar-refractivity contribution >= 4 is 50.2 Å². The number of nitrogens with one attached hydrogen (secondary N) is 2. The Kier molecular flexibility index (Phi) is 10.8. The Morgan fingerprint density at radius 1 is 1.06 bits per heavy atom. The summed E-state index contributed by atoms with van der Waals surface area (Å²) in [6.07, 6.45) is -2.59. The highest BCUT2D eigenvalue weighted by Crippen LogP contribution is 2.68. The Balaban J connectivity index is 1.28. The lowest BCUT2D eigenvalue weighted by Gasteiger charge is -2.36. The summed E-state index contributed by atoms with van der Waals surface area (Å²) in [6.45, 7) is 2.90.